The van der Waals surface area contributed by atoms with E-state index in [9.17, 15) is 14.3 Å². The molecule has 6 heteroatoms. The molecule has 2 N–H and O–H groups in total. The molecule has 0 aliphatic carbocycles. The number of thiazole rings is 1. The fourth-order valence-electron chi connectivity index (χ4n) is 1.82. The van der Waals surface area contributed by atoms with Crippen LogP contribution in [0.15, 0.2) is 29.8 Å². The van der Waals surface area contributed by atoms with Crippen LogP contribution in [0.4, 0.5) is 4.39 Å². The standard InChI is InChI=1S/C14H15FN2O2S/c1-8(12(18)10-3-5-11(15)6-4-10)17-14(19)13-9(2)16-7-20-13/h3-8,12,18H,1-2H3,(H,17,19). The smallest absolute Gasteiger partial charge is 0.263 e. The van der Waals surface area contributed by atoms with Gasteiger partial charge in [-0.1, -0.05) is 12.1 Å². The lowest BCUT2D eigenvalue weighted by Gasteiger charge is -2.20. The number of aliphatic hydroxyl groups is 1. The molecule has 0 saturated carbocycles. The number of hydrogen-bond donors (Lipinski definition) is 2. The Morgan fingerprint density at radius 2 is 2.05 bits per heavy atom. The SMILES string of the molecule is Cc1ncsc1C(=O)NC(C)C(O)c1ccc(F)cc1. The molecular formula is C14H15FN2O2S. The highest BCUT2D eigenvalue weighted by Gasteiger charge is 2.20. The number of aryl methyl sites for hydroxylation is 1. The molecule has 0 aliphatic heterocycles. The maximum absolute atomic E-state index is 12.8. The predicted octanol–water partition coefficient (Wildman–Crippen LogP) is 2.44. The van der Waals surface area contributed by atoms with E-state index in [1.807, 2.05) is 0 Å². The van der Waals surface area contributed by atoms with E-state index < -0.39 is 12.1 Å². The summed E-state index contributed by atoms with van der Waals surface area (Å²) in [5, 5.41) is 12.9. The van der Waals surface area contributed by atoms with Crippen molar-refractivity contribution in [2.75, 3.05) is 0 Å². The highest BCUT2D eigenvalue weighted by molar-refractivity contribution is 7.11. The van der Waals surface area contributed by atoms with Gasteiger partial charge in [0.15, 0.2) is 0 Å². The van der Waals surface area contributed by atoms with Gasteiger partial charge in [0.1, 0.15) is 10.7 Å². The topological polar surface area (TPSA) is 62.2 Å². The van der Waals surface area contributed by atoms with Gasteiger partial charge in [0.2, 0.25) is 0 Å². The van der Waals surface area contributed by atoms with E-state index >= 15 is 0 Å². The average Bonchev–Trinajstić information content (AvgIpc) is 2.85. The van der Waals surface area contributed by atoms with Crippen LogP contribution in [-0.2, 0) is 0 Å². The molecule has 1 amide bonds. The van der Waals surface area contributed by atoms with Gasteiger partial charge in [-0.25, -0.2) is 9.37 Å². The van der Waals surface area contributed by atoms with Crippen LogP contribution in [0.3, 0.4) is 0 Å². The summed E-state index contributed by atoms with van der Waals surface area (Å²) >= 11 is 1.25. The molecule has 2 rings (SSSR count). The molecule has 2 aromatic rings. The van der Waals surface area contributed by atoms with E-state index in [4.69, 9.17) is 0 Å². The summed E-state index contributed by atoms with van der Waals surface area (Å²) in [5.41, 5.74) is 2.82. The fraction of sp³-hybridized carbons (Fsp3) is 0.286. The van der Waals surface area contributed by atoms with Crippen molar-refractivity contribution in [1.29, 1.82) is 0 Å². The number of nitrogens with one attached hydrogen (secondary N) is 1. The molecule has 0 spiro atoms. The maximum Gasteiger partial charge on any atom is 0.263 e. The van der Waals surface area contributed by atoms with E-state index in [0.717, 1.165) is 0 Å². The second kappa shape index (κ2) is 6.11. The zero-order valence-corrected chi connectivity index (χ0v) is 11.9. The van der Waals surface area contributed by atoms with E-state index in [2.05, 4.69) is 10.3 Å². The Morgan fingerprint density at radius 3 is 2.60 bits per heavy atom. The number of carbonyl (C=O) groups is 1. The van der Waals surface area contributed by atoms with Crippen molar-refractivity contribution in [3.05, 3.63) is 51.7 Å². The molecule has 2 atom stereocenters. The van der Waals surface area contributed by atoms with Crippen LogP contribution in [0.25, 0.3) is 0 Å². The quantitative estimate of drug-likeness (QED) is 0.910. The Labute approximate surface area is 120 Å². The Kier molecular flexibility index (Phi) is 4.46. The van der Waals surface area contributed by atoms with E-state index in [-0.39, 0.29) is 11.7 Å². The maximum atomic E-state index is 12.8. The van der Waals surface area contributed by atoms with Crippen molar-refractivity contribution < 1.29 is 14.3 Å². The van der Waals surface area contributed by atoms with Gasteiger partial charge in [-0.15, -0.1) is 11.3 Å². The molecule has 0 bridgehead atoms. The number of rotatable bonds is 4. The van der Waals surface area contributed by atoms with E-state index in [0.29, 0.717) is 16.1 Å². The van der Waals surface area contributed by atoms with Crippen LogP contribution in [-0.4, -0.2) is 22.0 Å². The predicted molar refractivity (Wildman–Crippen MR) is 75.1 cm³/mol. The van der Waals surface area contributed by atoms with Gasteiger partial charge in [0.05, 0.1) is 23.4 Å². The first-order valence-corrected chi connectivity index (χ1v) is 7.01. The third kappa shape index (κ3) is 3.20. The first-order valence-electron chi connectivity index (χ1n) is 6.13. The van der Waals surface area contributed by atoms with Crippen molar-refractivity contribution in [2.24, 2.45) is 0 Å². The normalized spacial score (nSPS) is 13.8. The zero-order chi connectivity index (χ0) is 14.7. The molecule has 0 radical (unpaired) electrons. The summed E-state index contributed by atoms with van der Waals surface area (Å²) in [5.74, 6) is -0.628. The van der Waals surface area contributed by atoms with Crippen LogP contribution >= 0.6 is 11.3 Å². The Bertz CT molecular complexity index is 597. The molecule has 2 unspecified atom stereocenters. The molecule has 1 aromatic carbocycles. The van der Waals surface area contributed by atoms with E-state index in [1.165, 1.54) is 35.6 Å². The third-order valence-corrected chi connectivity index (χ3v) is 3.92. The largest absolute Gasteiger partial charge is 0.386 e. The van der Waals surface area contributed by atoms with Crippen molar-refractivity contribution in [3.8, 4) is 0 Å². The summed E-state index contributed by atoms with van der Waals surface area (Å²) in [6, 6.07) is 5.07. The number of hydrogen-bond acceptors (Lipinski definition) is 4. The van der Waals surface area contributed by atoms with Crippen molar-refractivity contribution in [3.63, 3.8) is 0 Å². The molecule has 20 heavy (non-hydrogen) atoms. The zero-order valence-electron chi connectivity index (χ0n) is 11.1. The molecule has 0 aliphatic rings. The fourth-order valence-corrected chi connectivity index (χ4v) is 2.53. The van der Waals surface area contributed by atoms with Crippen LogP contribution in [0.5, 0.6) is 0 Å². The molecule has 1 aromatic heterocycles. The first kappa shape index (κ1) is 14.6. The average molecular weight is 294 g/mol. The van der Waals surface area contributed by atoms with Gasteiger partial charge in [-0.05, 0) is 31.5 Å². The summed E-state index contributed by atoms with van der Waals surface area (Å²) in [6.07, 6.45) is -0.896. The second-order valence-electron chi connectivity index (χ2n) is 4.53. The van der Waals surface area contributed by atoms with Crippen molar-refractivity contribution >= 4 is 17.2 Å². The van der Waals surface area contributed by atoms with Gasteiger partial charge in [0, 0.05) is 0 Å². The van der Waals surface area contributed by atoms with Crippen LogP contribution in [0.1, 0.15) is 34.0 Å². The third-order valence-electron chi connectivity index (χ3n) is 3.00. The Morgan fingerprint density at radius 1 is 1.40 bits per heavy atom. The second-order valence-corrected chi connectivity index (χ2v) is 5.38. The monoisotopic (exact) mass is 294 g/mol. The lowest BCUT2D eigenvalue weighted by atomic mass is 10.0. The minimum Gasteiger partial charge on any atom is -0.386 e. The van der Waals surface area contributed by atoms with Crippen LogP contribution in [0, 0.1) is 12.7 Å². The Hall–Kier alpha value is -1.79. The van der Waals surface area contributed by atoms with E-state index in [1.54, 1.807) is 19.4 Å². The number of benzene rings is 1. The van der Waals surface area contributed by atoms with Gasteiger partial charge < -0.3 is 10.4 Å². The number of amides is 1. The van der Waals surface area contributed by atoms with Gasteiger partial charge in [-0.2, -0.15) is 0 Å². The number of aliphatic hydroxyl groups excluding tert-OH is 1. The minimum atomic E-state index is -0.896. The number of carbonyl (C=O) groups excluding carboxylic acids is 1. The lowest BCUT2D eigenvalue weighted by Crippen LogP contribution is -2.37. The number of nitrogens with zero attached hydrogens (tertiary/aromatic N) is 1. The molecule has 1 heterocycles. The molecule has 106 valence electrons. The lowest BCUT2D eigenvalue weighted by molar-refractivity contribution is 0.0855. The summed E-state index contributed by atoms with van der Waals surface area (Å²) in [6.45, 7) is 3.45. The molecule has 0 fully saturated rings. The molecule has 0 saturated heterocycles. The van der Waals surface area contributed by atoms with Crippen LogP contribution in [0.2, 0.25) is 0 Å². The minimum absolute atomic E-state index is 0.265. The van der Waals surface area contributed by atoms with Gasteiger partial charge in [-0.3, -0.25) is 4.79 Å². The number of aromatic nitrogens is 1. The first-order chi connectivity index (χ1) is 9.49. The summed E-state index contributed by atoms with van der Waals surface area (Å²) < 4.78 is 12.8. The van der Waals surface area contributed by atoms with Crippen LogP contribution < -0.4 is 5.32 Å². The van der Waals surface area contributed by atoms with Crippen molar-refractivity contribution in [1.82, 2.24) is 10.3 Å². The highest BCUT2D eigenvalue weighted by Crippen LogP contribution is 2.18. The summed E-state index contributed by atoms with van der Waals surface area (Å²) in [7, 11) is 0. The van der Waals surface area contributed by atoms with Gasteiger partial charge in [0.25, 0.3) is 5.91 Å². The highest BCUT2D eigenvalue weighted by atomic mass is 32.1. The van der Waals surface area contributed by atoms with Gasteiger partial charge >= 0.3 is 0 Å². The Balaban J connectivity index is 2.04. The number of halogens is 1. The molecule has 4 nitrogen and oxygen atoms in total. The van der Waals surface area contributed by atoms with Crippen molar-refractivity contribution in [2.45, 2.75) is 26.0 Å². The molecular weight excluding hydrogens is 279 g/mol. The summed E-state index contributed by atoms with van der Waals surface area (Å²) in [4.78, 5) is 16.6.